The highest BCUT2D eigenvalue weighted by atomic mass is 31.2. The van der Waals surface area contributed by atoms with E-state index in [1.54, 1.807) is 55.9 Å². The zero-order valence-corrected chi connectivity index (χ0v) is 10.9. The summed E-state index contributed by atoms with van der Waals surface area (Å²) in [7, 11) is 3.79. The molecule has 0 radical (unpaired) electrons. The van der Waals surface area contributed by atoms with Crippen LogP contribution in [0.1, 0.15) is 11.4 Å². The van der Waals surface area contributed by atoms with E-state index in [9.17, 15) is 9.67 Å². The minimum atomic E-state index is -2.99. The molecule has 1 unspecified atom stereocenters. The summed E-state index contributed by atoms with van der Waals surface area (Å²) < 4.78 is 15.8. The summed E-state index contributed by atoms with van der Waals surface area (Å²) in [6.07, 6.45) is 3.15. The van der Waals surface area contributed by atoms with Gasteiger partial charge in [0.2, 0.25) is 7.44 Å². The lowest BCUT2D eigenvalue weighted by atomic mass is 10.3. The fraction of sp³-hybridized carbons (Fsp3) is 0.500. The maximum atomic E-state index is 12.7. The summed E-state index contributed by atoms with van der Waals surface area (Å²) in [4.78, 5) is 3.92. The first-order valence-electron chi connectivity index (χ1n) is 4.94. The van der Waals surface area contributed by atoms with Gasteiger partial charge >= 0.3 is 0 Å². The largest absolute Gasteiger partial charge is 0.378 e. The fourth-order valence-corrected chi connectivity index (χ4v) is 3.65. The van der Waals surface area contributed by atoms with Crippen molar-refractivity contribution in [2.24, 2.45) is 0 Å². The molecule has 0 amide bonds. The molecule has 0 aliphatic rings. The molecule has 1 N–H and O–H groups in total. The first-order valence-corrected chi connectivity index (χ1v) is 6.62. The second kappa shape index (κ2) is 5.06. The molecular formula is C10H18N3O2P. The van der Waals surface area contributed by atoms with Crippen molar-refractivity contribution in [3.63, 3.8) is 0 Å². The van der Waals surface area contributed by atoms with Crippen molar-refractivity contribution in [3.05, 3.63) is 30.1 Å². The summed E-state index contributed by atoms with van der Waals surface area (Å²) in [5.74, 6) is -1.05. The van der Waals surface area contributed by atoms with Crippen molar-refractivity contribution in [1.29, 1.82) is 0 Å². The minimum absolute atomic E-state index is 0.563. The summed E-state index contributed by atoms with van der Waals surface area (Å²) >= 11 is 0. The van der Waals surface area contributed by atoms with E-state index >= 15 is 0 Å². The second-order valence-corrected chi connectivity index (χ2v) is 7.21. The van der Waals surface area contributed by atoms with Crippen molar-refractivity contribution < 1.29 is 9.67 Å². The summed E-state index contributed by atoms with van der Waals surface area (Å²) in [5.41, 5.74) is 0.563. The van der Waals surface area contributed by atoms with E-state index < -0.39 is 13.3 Å². The number of pyridine rings is 1. The van der Waals surface area contributed by atoms with Crippen LogP contribution in [0.25, 0.3) is 0 Å². The van der Waals surface area contributed by atoms with E-state index in [0.29, 0.717) is 5.56 Å². The van der Waals surface area contributed by atoms with Gasteiger partial charge in [-0.25, -0.2) is 9.34 Å². The highest BCUT2D eigenvalue weighted by Gasteiger charge is 2.37. The van der Waals surface area contributed by atoms with Crippen LogP contribution in [-0.4, -0.2) is 47.6 Å². The molecule has 16 heavy (non-hydrogen) atoms. The number of rotatable bonds is 4. The Balaban J connectivity index is 3.12. The van der Waals surface area contributed by atoms with Crippen molar-refractivity contribution in [1.82, 2.24) is 14.3 Å². The molecule has 1 aromatic heterocycles. The third-order valence-corrected chi connectivity index (χ3v) is 5.68. The Morgan fingerprint density at radius 3 is 2.25 bits per heavy atom. The van der Waals surface area contributed by atoms with Crippen molar-refractivity contribution in [2.45, 2.75) is 5.85 Å². The van der Waals surface area contributed by atoms with Gasteiger partial charge in [0.1, 0.15) is 0 Å². The Bertz CT molecular complexity index is 369. The molecule has 6 heteroatoms. The number of aromatic nitrogens is 1. The predicted octanol–water partition coefficient (Wildman–Crippen LogP) is 1.39. The van der Waals surface area contributed by atoms with Crippen LogP contribution in [0.5, 0.6) is 0 Å². The van der Waals surface area contributed by atoms with E-state index in [1.165, 1.54) is 6.20 Å². The van der Waals surface area contributed by atoms with E-state index in [4.69, 9.17) is 0 Å². The van der Waals surface area contributed by atoms with Crippen LogP contribution < -0.4 is 0 Å². The Kier molecular flexibility index (Phi) is 4.21. The number of hydrogen-bond donors (Lipinski definition) is 1. The number of nitrogens with zero attached hydrogens (tertiary/aromatic N) is 3. The number of aliphatic hydroxyl groups is 1. The molecule has 1 rings (SSSR count). The number of hydrogen-bond acceptors (Lipinski definition) is 3. The topological polar surface area (TPSA) is 56.7 Å². The zero-order chi connectivity index (χ0) is 12.3. The molecule has 1 heterocycles. The maximum absolute atomic E-state index is 12.7. The second-order valence-electron chi connectivity index (χ2n) is 3.94. The van der Waals surface area contributed by atoms with Gasteiger partial charge < -0.3 is 5.11 Å². The highest BCUT2D eigenvalue weighted by Crippen LogP contribution is 2.60. The Morgan fingerprint density at radius 2 is 1.88 bits per heavy atom. The smallest absolute Gasteiger partial charge is 0.247 e. The van der Waals surface area contributed by atoms with Crippen LogP contribution >= 0.6 is 7.44 Å². The molecule has 90 valence electrons. The van der Waals surface area contributed by atoms with Crippen LogP contribution in [0, 0.1) is 0 Å². The minimum Gasteiger partial charge on any atom is -0.378 e. The van der Waals surface area contributed by atoms with Gasteiger partial charge in [-0.15, -0.1) is 0 Å². The summed E-state index contributed by atoms with van der Waals surface area (Å²) in [6.45, 7) is 0. The van der Waals surface area contributed by atoms with Crippen molar-refractivity contribution in [3.8, 4) is 0 Å². The molecule has 0 saturated heterocycles. The first kappa shape index (κ1) is 13.3. The van der Waals surface area contributed by atoms with Crippen molar-refractivity contribution >= 4 is 7.44 Å². The van der Waals surface area contributed by atoms with Gasteiger partial charge in [-0.3, -0.25) is 9.55 Å². The lowest BCUT2D eigenvalue weighted by Gasteiger charge is -2.34. The SMILES string of the molecule is CN(C)P(=O)(C(O)c1cccnc1)N(C)C. The molecule has 1 atom stereocenters. The molecule has 1 aromatic rings. The van der Waals surface area contributed by atoms with Crippen LogP contribution in [0.15, 0.2) is 24.5 Å². The number of aliphatic hydroxyl groups excluding tert-OH is 1. The fourth-order valence-electron chi connectivity index (χ4n) is 1.52. The quantitative estimate of drug-likeness (QED) is 0.810. The van der Waals surface area contributed by atoms with Gasteiger partial charge in [0, 0.05) is 18.0 Å². The summed E-state index contributed by atoms with van der Waals surface area (Å²) in [6, 6.07) is 3.44. The van der Waals surface area contributed by atoms with Gasteiger partial charge in [-0.2, -0.15) is 0 Å². The zero-order valence-electron chi connectivity index (χ0n) is 10.0. The lowest BCUT2D eigenvalue weighted by Crippen LogP contribution is -2.25. The molecule has 0 spiro atoms. The van der Waals surface area contributed by atoms with Gasteiger partial charge in [-0.05, 0) is 34.3 Å². The van der Waals surface area contributed by atoms with Crippen LogP contribution in [0.4, 0.5) is 0 Å². The average Bonchev–Trinajstić information content (AvgIpc) is 2.27. The predicted molar refractivity (Wildman–Crippen MR) is 64.2 cm³/mol. The normalized spacial score (nSPS) is 14.4. The Morgan fingerprint density at radius 1 is 1.31 bits per heavy atom. The van der Waals surface area contributed by atoms with Gasteiger partial charge in [-0.1, -0.05) is 6.07 Å². The van der Waals surface area contributed by atoms with E-state index in [1.807, 2.05) is 0 Å². The van der Waals surface area contributed by atoms with Crippen LogP contribution in [-0.2, 0) is 4.57 Å². The summed E-state index contributed by atoms with van der Waals surface area (Å²) in [5, 5.41) is 10.2. The first-order chi connectivity index (χ1) is 7.40. The van der Waals surface area contributed by atoms with E-state index in [0.717, 1.165) is 0 Å². The van der Waals surface area contributed by atoms with E-state index in [-0.39, 0.29) is 0 Å². The van der Waals surface area contributed by atoms with Gasteiger partial charge in [0.15, 0.2) is 5.85 Å². The van der Waals surface area contributed by atoms with Crippen molar-refractivity contribution in [2.75, 3.05) is 28.2 Å². The van der Waals surface area contributed by atoms with Crippen LogP contribution in [0.3, 0.4) is 0 Å². The molecule has 0 fully saturated rings. The maximum Gasteiger partial charge on any atom is 0.247 e. The highest BCUT2D eigenvalue weighted by molar-refractivity contribution is 7.59. The lowest BCUT2D eigenvalue weighted by molar-refractivity contribution is 0.229. The molecule has 0 aliphatic heterocycles. The van der Waals surface area contributed by atoms with Crippen LogP contribution in [0.2, 0.25) is 0 Å². The Hall–Kier alpha value is -0.740. The van der Waals surface area contributed by atoms with Gasteiger partial charge in [0.25, 0.3) is 0 Å². The van der Waals surface area contributed by atoms with Gasteiger partial charge in [0.05, 0.1) is 0 Å². The standard InChI is InChI=1S/C10H18N3O2P/c1-12(2)16(15,13(3)4)10(14)9-6-5-7-11-8-9/h5-8,10,14H,1-4H3. The molecule has 0 aromatic carbocycles. The van der Waals surface area contributed by atoms with E-state index in [2.05, 4.69) is 4.98 Å². The molecule has 0 aliphatic carbocycles. The third-order valence-electron chi connectivity index (χ3n) is 2.45. The molecule has 0 bridgehead atoms. The molecular weight excluding hydrogens is 225 g/mol. The third kappa shape index (κ3) is 2.33. The molecule has 5 nitrogen and oxygen atoms in total. The Labute approximate surface area is 96.2 Å². The molecule has 0 saturated carbocycles. The monoisotopic (exact) mass is 243 g/mol. The average molecular weight is 243 g/mol.